The Kier molecular flexibility index (Phi) is 6.38. The summed E-state index contributed by atoms with van der Waals surface area (Å²) in [5.74, 6) is 0. The molecule has 0 heterocycles. The zero-order valence-corrected chi connectivity index (χ0v) is 12.7. The predicted octanol–water partition coefficient (Wildman–Crippen LogP) is 4.72. The van der Waals surface area contributed by atoms with E-state index in [-0.39, 0.29) is 0 Å². The van der Waals surface area contributed by atoms with E-state index in [0.717, 1.165) is 16.7 Å². The molecule has 2 heteroatoms. The number of rotatable bonds is 5. The predicted molar refractivity (Wildman–Crippen MR) is 91.6 cm³/mol. The van der Waals surface area contributed by atoms with Crippen molar-refractivity contribution < 1.29 is 0 Å². The highest BCUT2D eigenvalue weighted by Gasteiger charge is 2.04. The smallest absolute Gasteiger partial charge is 0.0342 e. The van der Waals surface area contributed by atoms with Crippen LogP contribution in [0.4, 0.5) is 0 Å². The summed E-state index contributed by atoms with van der Waals surface area (Å²) in [7, 11) is 1.79. The number of hydrogen-bond acceptors (Lipinski definition) is 2. The number of hydrogen-bond donors (Lipinski definition) is 0. The molecule has 0 amide bonds. The summed E-state index contributed by atoms with van der Waals surface area (Å²) in [5, 5.41) is 0. The second kappa shape index (κ2) is 8.05. The topological polar surface area (TPSA) is 24.7 Å². The average Bonchev–Trinajstić information content (AvgIpc) is 2.45. The number of allylic oxidation sites excluding steroid dienone is 4. The summed E-state index contributed by atoms with van der Waals surface area (Å²) < 4.78 is 0. The normalized spacial score (nSPS) is 13.4. The van der Waals surface area contributed by atoms with Crippen LogP contribution in [0.1, 0.15) is 30.5 Å². The van der Waals surface area contributed by atoms with Crippen LogP contribution in [0.15, 0.2) is 53.1 Å². The molecule has 0 fully saturated rings. The Bertz CT molecular complexity index is 587. The van der Waals surface area contributed by atoms with Crippen molar-refractivity contribution in [1.82, 2.24) is 0 Å². The van der Waals surface area contributed by atoms with Gasteiger partial charge in [-0.15, -0.1) is 0 Å². The van der Waals surface area contributed by atoms with E-state index in [4.69, 9.17) is 0 Å². The van der Waals surface area contributed by atoms with Gasteiger partial charge in [0, 0.05) is 25.7 Å². The van der Waals surface area contributed by atoms with Gasteiger partial charge in [-0.25, -0.2) is 0 Å². The van der Waals surface area contributed by atoms with Crippen LogP contribution in [0, 0.1) is 6.92 Å². The van der Waals surface area contributed by atoms with Crippen LogP contribution < -0.4 is 0 Å². The zero-order valence-electron chi connectivity index (χ0n) is 12.7. The molecule has 0 unspecified atom stereocenters. The first-order valence-electron chi connectivity index (χ1n) is 6.67. The van der Waals surface area contributed by atoms with Gasteiger partial charge in [-0.3, -0.25) is 9.98 Å². The van der Waals surface area contributed by atoms with Gasteiger partial charge in [0.15, 0.2) is 0 Å². The summed E-state index contributed by atoms with van der Waals surface area (Å²) in [6, 6.07) is 6.48. The Morgan fingerprint density at radius 3 is 2.00 bits per heavy atom. The van der Waals surface area contributed by atoms with Crippen LogP contribution >= 0.6 is 0 Å². The van der Waals surface area contributed by atoms with Crippen molar-refractivity contribution in [3.8, 4) is 0 Å². The second-order valence-corrected chi connectivity index (χ2v) is 4.42. The highest BCUT2D eigenvalue weighted by atomic mass is 14.7. The van der Waals surface area contributed by atoms with Crippen molar-refractivity contribution in [1.29, 1.82) is 0 Å². The minimum atomic E-state index is 1.08. The molecule has 0 radical (unpaired) electrons. The van der Waals surface area contributed by atoms with Crippen LogP contribution in [-0.4, -0.2) is 19.5 Å². The zero-order chi connectivity index (χ0) is 15.0. The van der Waals surface area contributed by atoms with Gasteiger partial charge in [-0.05, 0) is 54.7 Å². The fraction of sp³-hybridized carbons (Fsp3) is 0.222. The molecule has 0 aromatic heterocycles. The van der Waals surface area contributed by atoms with Gasteiger partial charge in [0.25, 0.3) is 0 Å². The Balaban J connectivity index is 3.34. The van der Waals surface area contributed by atoms with E-state index < -0.39 is 0 Å². The maximum Gasteiger partial charge on any atom is 0.0342 e. The maximum absolute atomic E-state index is 4.11. The molecule has 1 aromatic carbocycles. The lowest BCUT2D eigenvalue weighted by molar-refractivity contribution is 1.42. The number of aryl methyl sites for hydroxylation is 1. The molecule has 0 saturated heterocycles. The van der Waals surface area contributed by atoms with E-state index in [1.165, 1.54) is 11.1 Å². The Hall–Kier alpha value is -2.22. The van der Waals surface area contributed by atoms with Gasteiger partial charge < -0.3 is 0 Å². The SMILES string of the molecule is C=CN=C/C(=C\C)c1cc(C)cc(/C(C=NC)=C/C)c1. The molecule has 0 atom stereocenters. The van der Waals surface area contributed by atoms with E-state index in [9.17, 15) is 0 Å². The van der Waals surface area contributed by atoms with Crippen molar-refractivity contribution in [2.24, 2.45) is 9.98 Å². The molecular formula is C18H22N2. The first-order chi connectivity index (χ1) is 9.65. The average molecular weight is 266 g/mol. The molecule has 0 aliphatic rings. The molecule has 1 rings (SSSR count). The Morgan fingerprint density at radius 2 is 1.55 bits per heavy atom. The summed E-state index contributed by atoms with van der Waals surface area (Å²) in [4.78, 5) is 8.22. The second-order valence-electron chi connectivity index (χ2n) is 4.42. The summed E-state index contributed by atoms with van der Waals surface area (Å²) in [6.45, 7) is 9.74. The van der Waals surface area contributed by atoms with Gasteiger partial charge in [0.05, 0.1) is 0 Å². The Labute approximate surface area is 122 Å². The number of aliphatic imine (C=N–C) groups is 2. The lowest BCUT2D eigenvalue weighted by atomic mass is 9.97. The molecule has 0 N–H and O–H groups in total. The van der Waals surface area contributed by atoms with Crippen molar-refractivity contribution in [2.45, 2.75) is 20.8 Å². The highest BCUT2D eigenvalue weighted by molar-refractivity contribution is 6.12. The number of nitrogens with zero attached hydrogens (tertiary/aromatic N) is 2. The molecular weight excluding hydrogens is 244 g/mol. The lowest BCUT2D eigenvalue weighted by Crippen LogP contribution is -1.93. The van der Waals surface area contributed by atoms with Crippen molar-refractivity contribution in [3.63, 3.8) is 0 Å². The fourth-order valence-electron chi connectivity index (χ4n) is 2.02. The molecule has 1 aromatic rings. The highest BCUT2D eigenvalue weighted by Crippen LogP contribution is 2.21. The molecule has 0 spiro atoms. The van der Waals surface area contributed by atoms with Crippen LogP contribution in [0.25, 0.3) is 11.1 Å². The molecule has 0 aliphatic carbocycles. The van der Waals surface area contributed by atoms with Gasteiger partial charge in [0.1, 0.15) is 0 Å². The molecule has 2 nitrogen and oxygen atoms in total. The molecule has 0 aliphatic heterocycles. The van der Waals surface area contributed by atoms with Gasteiger partial charge in [-0.2, -0.15) is 0 Å². The monoisotopic (exact) mass is 266 g/mol. The largest absolute Gasteiger partial charge is 0.296 e. The van der Waals surface area contributed by atoms with Crippen LogP contribution in [0.5, 0.6) is 0 Å². The fourth-order valence-corrected chi connectivity index (χ4v) is 2.02. The molecule has 0 bridgehead atoms. The maximum atomic E-state index is 4.11. The van der Waals surface area contributed by atoms with E-state index >= 15 is 0 Å². The lowest BCUT2D eigenvalue weighted by Gasteiger charge is -2.09. The van der Waals surface area contributed by atoms with Crippen molar-refractivity contribution in [3.05, 3.63) is 59.8 Å². The summed E-state index contributed by atoms with van der Waals surface area (Å²) >= 11 is 0. The van der Waals surface area contributed by atoms with Crippen LogP contribution in [0.2, 0.25) is 0 Å². The van der Waals surface area contributed by atoms with E-state index in [1.807, 2.05) is 26.3 Å². The molecule has 20 heavy (non-hydrogen) atoms. The summed E-state index contributed by atoms with van der Waals surface area (Å²) in [6.07, 6.45) is 9.37. The third kappa shape index (κ3) is 4.16. The van der Waals surface area contributed by atoms with E-state index in [2.05, 4.69) is 53.8 Å². The first kappa shape index (κ1) is 15.8. The molecule has 0 saturated carbocycles. The van der Waals surface area contributed by atoms with E-state index in [0.29, 0.717) is 0 Å². The Morgan fingerprint density at radius 1 is 1.00 bits per heavy atom. The van der Waals surface area contributed by atoms with Crippen LogP contribution in [-0.2, 0) is 0 Å². The van der Waals surface area contributed by atoms with Crippen molar-refractivity contribution in [2.75, 3.05) is 7.05 Å². The summed E-state index contributed by atoms with van der Waals surface area (Å²) in [5.41, 5.74) is 5.73. The van der Waals surface area contributed by atoms with Gasteiger partial charge in [-0.1, -0.05) is 30.9 Å². The minimum absolute atomic E-state index is 1.08. The number of benzene rings is 1. The van der Waals surface area contributed by atoms with E-state index in [1.54, 1.807) is 13.2 Å². The quantitative estimate of drug-likeness (QED) is 0.689. The third-order valence-electron chi connectivity index (χ3n) is 2.95. The van der Waals surface area contributed by atoms with Crippen LogP contribution in [0.3, 0.4) is 0 Å². The van der Waals surface area contributed by atoms with Gasteiger partial charge >= 0.3 is 0 Å². The third-order valence-corrected chi connectivity index (χ3v) is 2.95. The first-order valence-corrected chi connectivity index (χ1v) is 6.67. The van der Waals surface area contributed by atoms with Crippen molar-refractivity contribution >= 4 is 23.6 Å². The standard InChI is InChI=1S/C18H22N2/c1-6-15(12-19-5)17-9-14(4)10-18(11-17)16(7-2)13-20-8-3/h6-13H,3H2,1-2,4-5H3/b15-6+,16-7+,19-12?,20-13?. The van der Waals surface area contributed by atoms with Gasteiger partial charge in [0.2, 0.25) is 0 Å². The molecule has 104 valence electrons. The minimum Gasteiger partial charge on any atom is -0.296 e.